The summed E-state index contributed by atoms with van der Waals surface area (Å²) in [6, 6.07) is 11.7. The van der Waals surface area contributed by atoms with E-state index in [1.165, 1.54) is 5.56 Å². The highest BCUT2D eigenvalue weighted by Crippen LogP contribution is 2.28. The van der Waals surface area contributed by atoms with Crippen molar-refractivity contribution < 1.29 is 4.74 Å². The topological polar surface area (TPSA) is 66.9 Å². The van der Waals surface area contributed by atoms with Gasteiger partial charge in [-0.1, -0.05) is 12.1 Å². The Morgan fingerprint density at radius 3 is 2.70 bits per heavy atom. The summed E-state index contributed by atoms with van der Waals surface area (Å²) in [5, 5.41) is 15.4. The van der Waals surface area contributed by atoms with Gasteiger partial charge in [0.2, 0.25) is 0 Å². The molecular weight excluding hydrogens is 290 g/mol. The van der Waals surface area contributed by atoms with Crippen molar-refractivity contribution in [1.29, 1.82) is 0 Å². The van der Waals surface area contributed by atoms with Crippen LogP contribution in [0.5, 0.6) is 5.75 Å². The number of aromatic nitrogens is 4. The molecule has 0 aliphatic rings. The van der Waals surface area contributed by atoms with Gasteiger partial charge in [-0.3, -0.25) is 5.10 Å². The van der Waals surface area contributed by atoms with Crippen LogP contribution >= 0.6 is 0 Å². The number of aromatic amines is 1. The molecule has 23 heavy (non-hydrogen) atoms. The van der Waals surface area contributed by atoms with Crippen LogP contribution in [0.3, 0.4) is 0 Å². The molecule has 118 valence electrons. The lowest BCUT2D eigenvalue weighted by atomic mass is 10.1. The van der Waals surface area contributed by atoms with Crippen LogP contribution in [0.15, 0.2) is 48.8 Å². The van der Waals surface area contributed by atoms with Crippen molar-refractivity contribution in [2.24, 2.45) is 0 Å². The number of likely N-dealkylation sites (N-methyl/N-ethyl adjacent to an activating group) is 1. The van der Waals surface area contributed by atoms with Crippen LogP contribution in [0.2, 0.25) is 0 Å². The molecule has 1 N–H and O–H groups in total. The van der Waals surface area contributed by atoms with Gasteiger partial charge in [0.15, 0.2) is 5.82 Å². The summed E-state index contributed by atoms with van der Waals surface area (Å²) in [4.78, 5) is 2.08. The Bertz CT molecular complexity index is 740. The highest BCUT2D eigenvalue weighted by Gasteiger charge is 2.09. The first kappa shape index (κ1) is 15.0. The van der Waals surface area contributed by atoms with Crippen molar-refractivity contribution in [3.8, 4) is 17.0 Å². The zero-order valence-corrected chi connectivity index (χ0v) is 13.2. The van der Waals surface area contributed by atoms with Gasteiger partial charge < -0.3 is 9.64 Å². The minimum absolute atomic E-state index is 0.794. The molecule has 2 aromatic heterocycles. The van der Waals surface area contributed by atoms with Gasteiger partial charge in [-0.2, -0.15) is 5.10 Å². The molecule has 6 nitrogen and oxygen atoms in total. The van der Waals surface area contributed by atoms with E-state index in [9.17, 15) is 0 Å². The fourth-order valence-electron chi connectivity index (χ4n) is 2.35. The normalized spacial score (nSPS) is 10.5. The molecule has 0 aliphatic heterocycles. The number of ether oxygens (including phenoxy) is 1. The number of anilines is 1. The second-order valence-electron chi connectivity index (χ2n) is 5.26. The van der Waals surface area contributed by atoms with Crippen molar-refractivity contribution in [2.75, 3.05) is 25.6 Å². The van der Waals surface area contributed by atoms with Crippen molar-refractivity contribution in [1.82, 2.24) is 20.4 Å². The Hall–Kier alpha value is -2.89. The number of nitrogens with zero attached hydrogens (tertiary/aromatic N) is 4. The fraction of sp³-hybridized carbons (Fsp3) is 0.235. The summed E-state index contributed by atoms with van der Waals surface area (Å²) in [6.07, 6.45) is 4.65. The predicted molar refractivity (Wildman–Crippen MR) is 89.6 cm³/mol. The van der Waals surface area contributed by atoms with Crippen LogP contribution in [0.25, 0.3) is 11.3 Å². The van der Waals surface area contributed by atoms with Gasteiger partial charge >= 0.3 is 0 Å². The third-order valence-corrected chi connectivity index (χ3v) is 3.72. The van der Waals surface area contributed by atoms with Crippen LogP contribution in [0, 0.1) is 0 Å². The third-order valence-electron chi connectivity index (χ3n) is 3.72. The molecule has 0 fully saturated rings. The van der Waals surface area contributed by atoms with Crippen LogP contribution in [0.4, 0.5) is 5.82 Å². The van der Waals surface area contributed by atoms with Crippen LogP contribution in [-0.4, -0.2) is 41.1 Å². The monoisotopic (exact) mass is 309 g/mol. The number of nitrogens with one attached hydrogen (secondary N) is 1. The molecule has 2 heterocycles. The van der Waals surface area contributed by atoms with E-state index < -0.39 is 0 Å². The number of hydrogen-bond acceptors (Lipinski definition) is 5. The molecule has 0 amide bonds. The number of rotatable bonds is 6. The summed E-state index contributed by atoms with van der Waals surface area (Å²) >= 11 is 0. The van der Waals surface area contributed by atoms with E-state index in [1.54, 1.807) is 7.11 Å². The SMILES string of the molecule is COc1ccccc1-c1ccc(N(C)CCc2cn[nH]c2)nn1. The minimum atomic E-state index is 0.794. The predicted octanol–water partition coefficient (Wildman–Crippen LogP) is 2.55. The molecule has 0 spiro atoms. The van der Waals surface area contributed by atoms with Gasteiger partial charge in [-0.25, -0.2) is 0 Å². The van der Waals surface area contributed by atoms with Crippen LogP contribution in [-0.2, 0) is 6.42 Å². The lowest BCUT2D eigenvalue weighted by Gasteiger charge is -2.17. The van der Waals surface area contributed by atoms with Crippen LogP contribution < -0.4 is 9.64 Å². The number of methoxy groups -OCH3 is 1. The van der Waals surface area contributed by atoms with Gasteiger partial charge in [0.05, 0.1) is 19.0 Å². The first-order valence-corrected chi connectivity index (χ1v) is 7.44. The molecule has 1 aromatic carbocycles. The second kappa shape index (κ2) is 6.91. The lowest BCUT2D eigenvalue weighted by molar-refractivity contribution is 0.416. The smallest absolute Gasteiger partial charge is 0.151 e. The molecule has 0 radical (unpaired) electrons. The Balaban J connectivity index is 1.71. The Morgan fingerprint density at radius 1 is 1.13 bits per heavy atom. The van der Waals surface area contributed by atoms with E-state index in [0.29, 0.717) is 0 Å². The molecular formula is C17H19N5O. The Morgan fingerprint density at radius 2 is 2.00 bits per heavy atom. The number of H-pyrrole nitrogens is 1. The summed E-state index contributed by atoms with van der Waals surface area (Å²) in [6.45, 7) is 0.849. The average molecular weight is 309 g/mol. The standard InChI is InChI=1S/C17H19N5O/c1-22(10-9-13-11-18-19-12-13)17-8-7-15(20-21-17)14-5-3-4-6-16(14)23-2/h3-8,11-12H,9-10H2,1-2H3,(H,18,19). The lowest BCUT2D eigenvalue weighted by Crippen LogP contribution is -2.21. The summed E-state index contributed by atoms with van der Waals surface area (Å²) in [5.41, 5.74) is 2.92. The van der Waals surface area contributed by atoms with E-state index >= 15 is 0 Å². The first-order chi connectivity index (χ1) is 11.3. The number of para-hydroxylation sites is 1. The maximum Gasteiger partial charge on any atom is 0.151 e. The molecule has 0 aliphatic carbocycles. The zero-order valence-electron chi connectivity index (χ0n) is 13.2. The maximum absolute atomic E-state index is 5.37. The van der Waals surface area contributed by atoms with Crippen LogP contribution in [0.1, 0.15) is 5.56 Å². The van der Waals surface area contributed by atoms with E-state index in [-0.39, 0.29) is 0 Å². The Kier molecular flexibility index (Phi) is 4.52. The Labute approximate surface area is 135 Å². The van der Waals surface area contributed by atoms with Gasteiger partial charge in [0, 0.05) is 25.4 Å². The maximum atomic E-state index is 5.37. The van der Waals surface area contributed by atoms with Crippen molar-refractivity contribution in [3.63, 3.8) is 0 Å². The summed E-state index contributed by atoms with van der Waals surface area (Å²) < 4.78 is 5.37. The van der Waals surface area contributed by atoms with Crippen molar-refractivity contribution >= 4 is 5.82 Å². The molecule has 0 saturated carbocycles. The van der Waals surface area contributed by atoms with E-state index in [0.717, 1.165) is 35.8 Å². The molecule has 0 bridgehead atoms. The number of benzene rings is 1. The van der Waals surface area contributed by atoms with E-state index in [1.807, 2.05) is 55.8 Å². The first-order valence-electron chi connectivity index (χ1n) is 7.44. The summed E-state index contributed by atoms with van der Waals surface area (Å²) in [7, 11) is 3.66. The highest BCUT2D eigenvalue weighted by atomic mass is 16.5. The second-order valence-corrected chi connectivity index (χ2v) is 5.26. The molecule has 3 aromatic rings. The fourth-order valence-corrected chi connectivity index (χ4v) is 2.35. The molecule has 3 rings (SSSR count). The highest BCUT2D eigenvalue weighted by molar-refractivity contribution is 5.67. The van der Waals surface area contributed by atoms with Gasteiger partial charge in [-0.15, -0.1) is 10.2 Å². The minimum Gasteiger partial charge on any atom is -0.496 e. The number of hydrogen-bond donors (Lipinski definition) is 1. The summed E-state index contributed by atoms with van der Waals surface area (Å²) in [5.74, 6) is 1.63. The van der Waals surface area contributed by atoms with Crippen molar-refractivity contribution in [3.05, 3.63) is 54.4 Å². The van der Waals surface area contributed by atoms with Crippen molar-refractivity contribution in [2.45, 2.75) is 6.42 Å². The molecule has 0 unspecified atom stereocenters. The van der Waals surface area contributed by atoms with Gasteiger partial charge in [-0.05, 0) is 36.2 Å². The average Bonchev–Trinajstić information content (AvgIpc) is 3.13. The zero-order chi connectivity index (χ0) is 16.1. The molecule has 0 saturated heterocycles. The van der Waals surface area contributed by atoms with Gasteiger partial charge in [0.1, 0.15) is 5.75 Å². The van der Waals surface area contributed by atoms with E-state index in [2.05, 4.69) is 25.3 Å². The molecule has 6 heteroatoms. The largest absolute Gasteiger partial charge is 0.496 e. The van der Waals surface area contributed by atoms with E-state index in [4.69, 9.17) is 4.74 Å². The van der Waals surface area contributed by atoms with Gasteiger partial charge in [0.25, 0.3) is 0 Å². The molecule has 0 atom stereocenters. The third kappa shape index (κ3) is 3.48. The quantitative estimate of drug-likeness (QED) is 0.758.